The van der Waals surface area contributed by atoms with Crippen molar-refractivity contribution in [3.8, 4) is 0 Å². The van der Waals surface area contributed by atoms with E-state index >= 15 is 0 Å². The minimum atomic E-state index is -0.667. The molecule has 0 radical (unpaired) electrons. The van der Waals surface area contributed by atoms with Gasteiger partial charge in [0.15, 0.2) is 0 Å². The lowest BCUT2D eigenvalue weighted by Crippen LogP contribution is -2.45. The summed E-state index contributed by atoms with van der Waals surface area (Å²) < 4.78 is 5.50. The smallest absolute Gasteiger partial charge is 0.305 e. The topological polar surface area (TPSA) is 95.9 Å². The lowest BCUT2D eigenvalue weighted by Gasteiger charge is -2.22. The molecule has 0 spiro atoms. The second-order valence-corrected chi connectivity index (χ2v) is 24.6. The molecule has 0 aliphatic rings. The molecule has 6 heteroatoms. The number of unbranched alkanes of at least 4 members (excludes halogenated alkanes) is 54. The van der Waals surface area contributed by atoms with Crippen LogP contribution in [0.5, 0.6) is 0 Å². The number of aliphatic hydroxyl groups is 2. The van der Waals surface area contributed by atoms with Crippen LogP contribution in [0.4, 0.5) is 0 Å². The van der Waals surface area contributed by atoms with Crippen LogP contribution >= 0.6 is 0 Å². The fourth-order valence-electron chi connectivity index (χ4n) is 11.4. The van der Waals surface area contributed by atoms with Gasteiger partial charge in [0.05, 0.1) is 25.4 Å². The number of rotatable bonds is 67. The van der Waals surface area contributed by atoms with Gasteiger partial charge in [0.2, 0.25) is 5.91 Å². The Bertz CT molecular complexity index is 1160. The van der Waals surface area contributed by atoms with Gasteiger partial charge in [-0.25, -0.2) is 0 Å². The Kier molecular flexibility index (Phi) is 65.9. The summed E-state index contributed by atoms with van der Waals surface area (Å²) in [5.74, 6) is -0.0229. The Morgan fingerprint density at radius 2 is 0.610 bits per heavy atom. The molecule has 0 saturated heterocycles. The molecule has 0 rings (SSSR count). The lowest BCUT2D eigenvalue weighted by molar-refractivity contribution is -0.143. The molecule has 0 aliphatic heterocycles. The van der Waals surface area contributed by atoms with Gasteiger partial charge in [-0.05, 0) is 51.4 Å². The van der Waals surface area contributed by atoms with E-state index in [0.29, 0.717) is 25.9 Å². The number of nitrogens with one attached hydrogen (secondary N) is 1. The van der Waals surface area contributed by atoms with E-state index in [0.717, 1.165) is 44.9 Å². The number of carbonyl (C=O) groups excluding carboxylic acids is 2. The summed E-state index contributed by atoms with van der Waals surface area (Å²) in [6.07, 6.45) is 82.5. The van der Waals surface area contributed by atoms with Crippen LogP contribution in [0.25, 0.3) is 0 Å². The standard InChI is InChI=1S/C71H139NO5/c1-3-5-7-9-11-13-15-17-19-21-22-23-24-25-28-32-35-39-43-47-51-55-59-63-69(74)68(67-73)72-70(75)64-60-56-52-48-44-40-36-33-29-26-27-30-34-38-42-46-50-54-58-62-66-77-71(76)65-61-57-53-49-45-41-37-31-20-18-16-14-12-10-8-6-4-2/h18,20,68-69,73-74H,3-17,19,21-67H2,1-2H3,(H,72,75)/b20-18-. The van der Waals surface area contributed by atoms with E-state index in [1.165, 1.54) is 327 Å². The predicted molar refractivity (Wildman–Crippen MR) is 338 cm³/mol. The Balaban J connectivity index is 3.38. The first-order chi connectivity index (χ1) is 38.0. The predicted octanol–water partition coefficient (Wildman–Crippen LogP) is 22.8. The van der Waals surface area contributed by atoms with Crippen LogP contribution in [-0.4, -0.2) is 47.4 Å². The normalized spacial score (nSPS) is 12.5. The van der Waals surface area contributed by atoms with Gasteiger partial charge in [-0.3, -0.25) is 9.59 Å². The summed E-state index contributed by atoms with van der Waals surface area (Å²) in [5.41, 5.74) is 0. The number of amides is 1. The van der Waals surface area contributed by atoms with Gasteiger partial charge < -0.3 is 20.3 Å². The van der Waals surface area contributed by atoms with Crippen molar-refractivity contribution in [2.45, 2.75) is 418 Å². The quantitative estimate of drug-likeness (QED) is 0.0320. The van der Waals surface area contributed by atoms with Gasteiger partial charge >= 0.3 is 5.97 Å². The van der Waals surface area contributed by atoms with E-state index in [1.54, 1.807) is 0 Å². The molecule has 458 valence electrons. The van der Waals surface area contributed by atoms with Crippen molar-refractivity contribution in [1.29, 1.82) is 0 Å². The summed E-state index contributed by atoms with van der Waals surface area (Å²) in [4.78, 5) is 24.7. The maximum Gasteiger partial charge on any atom is 0.305 e. The second kappa shape index (κ2) is 67.1. The molecule has 0 aromatic rings. The number of aliphatic hydroxyl groups excluding tert-OH is 2. The van der Waals surface area contributed by atoms with Crippen LogP contribution in [0.15, 0.2) is 12.2 Å². The number of hydrogen-bond acceptors (Lipinski definition) is 5. The highest BCUT2D eigenvalue weighted by molar-refractivity contribution is 5.76. The number of allylic oxidation sites excluding steroid dienone is 2. The van der Waals surface area contributed by atoms with Gasteiger partial charge in [-0.2, -0.15) is 0 Å². The Hall–Kier alpha value is -1.40. The fraction of sp³-hybridized carbons (Fsp3) is 0.944. The molecule has 0 bridgehead atoms. The first-order valence-corrected chi connectivity index (χ1v) is 35.4. The first-order valence-electron chi connectivity index (χ1n) is 35.4. The minimum Gasteiger partial charge on any atom is -0.466 e. The molecule has 77 heavy (non-hydrogen) atoms. The van der Waals surface area contributed by atoms with Gasteiger partial charge in [-0.1, -0.05) is 353 Å². The third-order valence-corrected chi connectivity index (χ3v) is 16.8. The largest absolute Gasteiger partial charge is 0.466 e. The summed E-state index contributed by atoms with van der Waals surface area (Å²) in [6.45, 7) is 4.99. The molecule has 0 aliphatic carbocycles. The van der Waals surface area contributed by atoms with Crippen molar-refractivity contribution in [3.05, 3.63) is 12.2 Å². The van der Waals surface area contributed by atoms with Gasteiger partial charge in [0.25, 0.3) is 0 Å². The van der Waals surface area contributed by atoms with E-state index < -0.39 is 12.1 Å². The second-order valence-electron chi connectivity index (χ2n) is 24.6. The van der Waals surface area contributed by atoms with Crippen molar-refractivity contribution in [2.75, 3.05) is 13.2 Å². The summed E-state index contributed by atoms with van der Waals surface area (Å²) >= 11 is 0. The molecular formula is C71H139NO5. The van der Waals surface area contributed by atoms with Crippen LogP contribution in [-0.2, 0) is 14.3 Å². The monoisotopic (exact) mass is 1090 g/mol. The molecular weight excluding hydrogens is 947 g/mol. The van der Waals surface area contributed by atoms with Crippen LogP contribution in [0.1, 0.15) is 406 Å². The van der Waals surface area contributed by atoms with Crippen molar-refractivity contribution >= 4 is 11.9 Å². The molecule has 0 aromatic carbocycles. The summed E-state index contributed by atoms with van der Waals surface area (Å²) in [7, 11) is 0. The number of carbonyl (C=O) groups is 2. The third kappa shape index (κ3) is 63.6. The van der Waals surface area contributed by atoms with Gasteiger partial charge in [0.1, 0.15) is 0 Å². The molecule has 2 unspecified atom stereocenters. The van der Waals surface area contributed by atoms with Crippen LogP contribution in [0, 0.1) is 0 Å². The molecule has 0 heterocycles. The Morgan fingerprint density at radius 1 is 0.351 bits per heavy atom. The van der Waals surface area contributed by atoms with E-state index in [-0.39, 0.29) is 18.5 Å². The van der Waals surface area contributed by atoms with Crippen molar-refractivity contribution in [3.63, 3.8) is 0 Å². The molecule has 1 amide bonds. The molecule has 0 fully saturated rings. The van der Waals surface area contributed by atoms with E-state index in [2.05, 4.69) is 31.3 Å². The van der Waals surface area contributed by atoms with Crippen molar-refractivity contribution < 1.29 is 24.5 Å². The van der Waals surface area contributed by atoms with E-state index in [4.69, 9.17) is 4.74 Å². The van der Waals surface area contributed by atoms with E-state index in [9.17, 15) is 19.8 Å². The average Bonchev–Trinajstić information content (AvgIpc) is 3.43. The van der Waals surface area contributed by atoms with Crippen molar-refractivity contribution in [1.82, 2.24) is 5.32 Å². The third-order valence-electron chi connectivity index (χ3n) is 16.8. The molecule has 0 aromatic heterocycles. The van der Waals surface area contributed by atoms with Gasteiger partial charge in [-0.15, -0.1) is 0 Å². The SMILES string of the molecule is CCCCCCCC/C=C\CCCCCCCCCC(=O)OCCCCCCCCCCCCCCCCCCCCCCC(=O)NC(CO)C(O)CCCCCCCCCCCCCCCCCCCCCCCCC. The zero-order valence-corrected chi connectivity index (χ0v) is 52.5. The molecule has 0 saturated carbocycles. The molecule has 2 atom stereocenters. The molecule has 6 nitrogen and oxygen atoms in total. The average molecular weight is 1090 g/mol. The van der Waals surface area contributed by atoms with Crippen molar-refractivity contribution in [2.24, 2.45) is 0 Å². The zero-order valence-electron chi connectivity index (χ0n) is 52.5. The fourth-order valence-corrected chi connectivity index (χ4v) is 11.4. The first kappa shape index (κ1) is 75.6. The van der Waals surface area contributed by atoms with Crippen LogP contribution in [0.3, 0.4) is 0 Å². The number of ether oxygens (including phenoxy) is 1. The summed E-state index contributed by atoms with van der Waals surface area (Å²) in [5, 5.41) is 23.4. The number of hydrogen-bond donors (Lipinski definition) is 3. The maximum atomic E-state index is 12.6. The molecule has 3 N–H and O–H groups in total. The van der Waals surface area contributed by atoms with Crippen LogP contribution < -0.4 is 5.32 Å². The highest BCUT2D eigenvalue weighted by atomic mass is 16.5. The maximum absolute atomic E-state index is 12.6. The minimum absolute atomic E-state index is 0.00875. The Morgan fingerprint density at radius 3 is 0.922 bits per heavy atom. The zero-order chi connectivity index (χ0) is 55.7. The summed E-state index contributed by atoms with van der Waals surface area (Å²) in [6, 6.07) is -0.544. The van der Waals surface area contributed by atoms with Gasteiger partial charge in [0, 0.05) is 12.8 Å². The van der Waals surface area contributed by atoms with E-state index in [1.807, 2.05) is 0 Å². The Labute approximate surface area is 482 Å². The highest BCUT2D eigenvalue weighted by Gasteiger charge is 2.20. The van der Waals surface area contributed by atoms with Crippen LogP contribution in [0.2, 0.25) is 0 Å². The highest BCUT2D eigenvalue weighted by Crippen LogP contribution is 2.19. The lowest BCUT2D eigenvalue weighted by atomic mass is 10.0. The number of esters is 1.